The molecule has 31 heavy (non-hydrogen) atoms. The van der Waals surface area contributed by atoms with Crippen LogP contribution in [0.2, 0.25) is 5.02 Å². The number of nitrogens with zero attached hydrogens (tertiary/aromatic N) is 2. The molecule has 0 aliphatic carbocycles. The van der Waals surface area contributed by atoms with Crippen molar-refractivity contribution in [3.05, 3.63) is 63.2 Å². The molecule has 0 aliphatic heterocycles. The summed E-state index contributed by atoms with van der Waals surface area (Å²) in [7, 11) is 1.30. The van der Waals surface area contributed by atoms with E-state index in [9.17, 15) is 19.7 Å². The van der Waals surface area contributed by atoms with Crippen LogP contribution in [-0.4, -0.2) is 47.9 Å². The Morgan fingerprint density at radius 3 is 2.61 bits per heavy atom. The van der Waals surface area contributed by atoms with Crippen molar-refractivity contribution in [2.24, 2.45) is 0 Å². The summed E-state index contributed by atoms with van der Waals surface area (Å²) in [5.41, 5.74) is 0.544. The summed E-state index contributed by atoms with van der Waals surface area (Å²) in [5, 5.41) is 14.2. The number of nitrogens with one attached hydrogen (secondary N) is 1. The molecule has 10 heteroatoms. The molecule has 166 valence electrons. The van der Waals surface area contributed by atoms with E-state index in [0.717, 1.165) is 5.56 Å². The lowest BCUT2D eigenvalue weighted by molar-refractivity contribution is -0.385. The van der Waals surface area contributed by atoms with Crippen LogP contribution in [0.25, 0.3) is 0 Å². The Balaban J connectivity index is 2.18. The van der Waals surface area contributed by atoms with Gasteiger partial charge in [0.15, 0.2) is 6.61 Å². The number of halogens is 1. The molecule has 2 rings (SSSR count). The number of carbonyl (C=O) groups excluding carboxylic acids is 2. The van der Waals surface area contributed by atoms with Crippen molar-refractivity contribution in [2.45, 2.75) is 26.4 Å². The van der Waals surface area contributed by atoms with E-state index in [1.165, 1.54) is 30.2 Å². The summed E-state index contributed by atoms with van der Waals surface area (Å²) in [6.07, 6.45) is 0. The molecule has 0 aliphatic rings. The minimum absolute atomic E-state index is 0.0152. The van der Waals surface area contributed by atoms with Gasteiger partial charge in [0.1, 0.15) is 11.8 Å². The van der Waals surface area contributed by atoms with E-state index in [1.54, 1.807) is 38.1 Å². The quantitative estimate of drug-likeness (QED) is 0.440. The van der Waals surface area contributed by atoms with Crippen LogP contribution in [0, 0.1) is 10.1 Å². The monoisotopic (exact) mass is 449 g/mol. The number of likely N-dealkylation sites (N-methyl/N-ethyl adjacent to an activating group) is 1. The zero-order chi connectivity index (χ0) is 23.0. The van der Waals surface area contributed by atoms with Gasteiger partial charge in [0.25, 0.3) is 5.91 Å². The molecule has 0 saturated carbocycles. The number of hydrogen-bond donors (Lipinski definition) is 1. The van der Waals surface area contributed by atoms with Gasteiger partial charge in [-0.3, -0.25) is 19.7 Å². The van der Waals surface area contributed by atoms with Crippen molar-refractivity contribution >= 4 is 29.1 Å². The SMILES string of the molecule is CCNC(=O)[C@H](C)N(Cc1cccc(Cl)c1)C(=O)COc1ccc([N+](=O)[O-])c(OC)c1. The average molecular weight is 450 g/mol. The predicted octanol–water partition coefficient (Wildman–Crippen LogP) is 3.19. The van der Waals surface area contributed by atoms with E-state index in [4.69, 9.17) is 21.1 Å². The highest BCUT2D eigenvalue weighted by atomic mass is 35.5. The average Bonchev–Trinajstić information content (AvgIpc) is 2.75. The second-order valence-corrected chi connectivity index (χ2v) is 7.04. The van der Waals surface area contributed by atoms with Crippen LogP contribution in [0.4, 0.5) is 5.69 Å². The third-order valence-electron chi connectivity index (χ3n) is 4.47. The van der Waals surface area contributed by atoms with Crippen LogP contribution in [0.15, 0.2) is 42.5 Å². The Hall–Kier alpha value is -3.33. The molecule has 0 heterocycles. The van der Waals surface area contributed by atoms with Crippen LogP contribution in [0.1, 0.15) is 19.4 Å². The van der Waals surface area contributed by atoms with Gasteiger partial charge in [-0.05, 0) is 37.6 Å². The molecule has 0 saturated heterocycles. The summed E-state index contributed by atoms with van der Waals surface area (Å²) in [5.74, 6) is -0.489. The van der Waals surface area contributed by atoms with Crippen molar-refractivity contribution in [1.29, 1.82) is 0 Å². The molecule has 9 nitrogen and oxygen atoms in total. The van der Waals surface area contributed by atoms with E-state index in [0.29, 0.717) is 11.6 Å². The van der Waals surface area contributed by atoms with E-state index < -0.39 is 16.9 Å². The van der Waals surface area contributed by atoms with Gasteiger partial charge in [-0.25, -0.2) is 0 Å². The highest BCUT2D eigenvalue weighted by Gasteiger charge is 2.26. The fraction of sp³-hybridized carbons (Fsp3) is 0.333. The Morgan fingerprint density at radius 1 is 1.26 bits per heavy atom. The Morgan fingerprint density at radius 2 is 2.00 bits per heavy atom. The van der Waals surface area contributed by atoms with E-state index >= 15 is 0 Å². The predicted molar refractivity (Wildman–Crippen MR) is 115 cm³/mol. The van der Waals surface area contributed by atoms with Crippen LogP contribution >= 0.6 is 11.6 Å². The largest absolute Gasteiger partial charge is 0.490 e. The number of ether oxygens (including phenoxy) is 2. The summed E-state index contributed by atoms with van der Waals surface area (Å²) in [4.78, 5) is 37.1. The summed E-state index contributed by atoms with van der Waals surface area (Å²) < 4.78 is 10.5. The van der Waals surface area contributed by atoms with Gasteiger partial charge in [0.2, 0.25) is 11.7 Å². The third-order valence-corrected chi connectivity index (χ3v) is 4.71. The zero-order valence-electron chi connectivity index (χ0n) is 17.5. The number of benzene rings is 2. The number of hydrogen-bond acceptors (Lipinski definition) is 6. The van der Waals surface area contributed by atoms with Gasteiger partial charge in [-0.1, -0.05) is 23.7 Å². The second-order valence-electron chi connectivity index (χ2n) is 6.60. The second kappa shape index (κ2) is 11.2. The fourth-order valence-electron chi connectivity index (χ4n) is 2.86. The number of nitro groups is 1. The van der Waals surface area contributed by atoms with Crippen molar-refractivity contribution < 1.29 is 24.0 Å². The molecule has 0 aromatic heterocycles. The number of rotatable bonds is 10. The smallest absolute Gasteiger partial charge is 0.311 e. The van der Waals surface area contributed by atoms with E-state index in [2.05, 4.69) is 5.32 Å². The lowest BCUT2D eigenvalue weighted by atomic mass is 10.1. The first kappa shape index (κ1) is 23.9. The maximum atomic E-state index is 12.9. The minimum atomic E-state index is -0.749. The van der Waals surface area contributed by atoms with Crippen molar-refractivity contribution in [2.75, 3.05) is 20.3 Å². The van der Waals surface area contributed by atoms with Gasteiger partial charge in [0.05, 0.1) is 12.0 Å². The molecule has 1 atom stereocenters. The van der Waals surface area contributed by atoms with E-state index in [-0.39, 0.29) is 36.2 Å². The zero-order valence-corrected chi connectivity index (χ0v) is 18.2. The summed E-state index contributed by atoms with van der Waals surface area (Å²) in [6, 6.07) is 10.2. The van der Waals surface area contributed by atoms with Gasteiger partial charge >= 0.3 is 5.69 Å². The Labute approximate surface area is 185 Å². The Bertz CT molecular complexity index is 952. The van der Waals surface area contributed by atoms with Crippen LogP contribution in [-0.2, 0) is 16.1 Å². The summed E-state index contributed by atoms with van der Waals surface area (Å²) in [6.45, 7) is 3.64. The molecule has 0 bridgehead atoms. The van der Waals surface area contributed by atoms with Crippen LogP contribution in [0.3, 0.4) is 0 Å². The van der Waals surface area contributed by atoms with Gasteiger partial charge in [0, 0.05) is 30.2 Å². The van der Waals surface area contributed by atoms with Crippen molar-refractivity contribution in [3.63, 3.8) is 0 Å². The maximum Gasteiger partial charge on any atom is 0.311 e. The molecule has 0 spiro atoms. The minimum Gasteiger partial charge on any atom is -0.490 e. The molecule has 2 amide bonds. The van der Waals surface area contributed by atoms with Gasteiger partial charge < -0.3 is 19.7 Å². The molecule has 2 aromatic carbocycles. The highest BCUT2D eigenvalue weighted by Crippen LogP contribution is 2.30. The number of carbonyl (C=O) groups is 2. The number of nitro benzene ring substituents is 1. The molecule has 0 unspecified atom stereocenters. The standard InChI is InChI=1S/C21H24ClN3O6/c1-4-23-21(27)14(2)24(12-15-6-5-7-16(22)10-15)20(26)13-31-17-8-9-18(25(28)29)19(11-17)30-3/h5-11,14H,4,12-13H2,1-3H3,(H,23,27)/t14-/m0/s1. The van der Waals surface area contributed by atoms with E-state index in [1.807, 2.05) is 0 Å². The van der Waals surface area contributed by atoms with Crippen LogP contribution in [0.5, 0.6) is 11.5 Å². The first-order valence-corrected chi connectivity index (χ1v) is 9.91. The number of amides is 2. The van der Waals surface area contributed by atoms with Crippen molar-refractivity contribution in [3.8, 4) is 11.5 Å². The third kappa shape index (κ3) is 6.58. The molecular formula is C21H24ClN3O6. The highest BCUT2D eigenvalue weighted by molar-refractivity contribution is 6.30. The lowest BCUT2D eigenvalue weighted by Gasteiger charge is -2.28. The molecule has 0 fully saturated rings. The van der Waals surface area contributed by atoms with Crippen molar-refractivity contribution in [1.82, 2.24) is 10.2 Å². The first-order valence-electron chi connectivity index (χ1n) is 9.53. The van der Waals surface area contributed by atoms with Gasteiger partial charge in [-0.2, -0.15) is 0 Å². The molecule has 0 radical (unpaired) electrons. The first-order chi connectivity index (χ1) is 14.8. The van der Waals surface area contributed by atoms with Crippen LogP contribution < -0.4 is 14.8 Å². The molecule has 1 N–H and O–H groups in total. The topological polar surface area (TPSA) is 111 Å². The summed E-state index contributed by atoms with van der Waals surface area (Å²) >= 11 is 6.04. The molecule has 2 aromatic rings. The lowest BCUT2D eigenvalue weighted by Crippen LogP contribution is -2.49. The fourth-order valence-corrected chi connectivity index (χ4v) is 3.08. The maximum absolute atomic E-state index is 12.9. The van der Waals surface area contributed by atoms with Gasteiger partial charge in [-0.15, -0.1) is 0 Å². The normalized spacial score (nSPS) is 11.4. The molecular weight excluding hydrogens is 426 g/mol. The number of methoxy groups -OCH3 is 1. The Kier molecular flexibility index (Phi) is 8.63.